The first-order valence-corrected chi connectivity index (χ1v) is 4.43. The van der Waals surface area contributed by atoms with Crippen LogP contribution in [0.3, 0.4) is 0 Å². The summed E-state index contributed by atoms with van der Waals surface area (Å²) in [5.41, 5.74) is 0. The lowest BCUT2D eigenvalue weighted by Gasteiger charge is -2.19. The van der Waals surface area contributed by atoms with Crippen LogP contribution in [0.2, 0.25) is 0 Å². The fourth-order valence-corrected chi connectivity index (χ4v) is 1.25. The van der Waals surface area contributed by atoms with E-state index in [0.29, 0.717) is 12.5 Å². The average Bonchev–Trinajstić information content (AvgIpc) is 2.00. The van der Waals surface area contributed by atoms with E-state index in [-0.39, 0.29) is 6.10 Å². The van der Waals surface area contributed by atoms with Crippen LogP contribution < -0.4 is 0 Å². The van der Waals surface area contributed by atoms with Crippen molar-refractivity contribution in [2.45, 2.75) is 39.2 Å². The van der Waals surface area contributed by atoms with E-state index in [9.17, 15) is 5.11 Å². The lowest BCUT2D eigenvalue weighted by atomic mass is 9.97. The average molecular weight is 160 g/mol. The van der Waals surface area contributed by atoms with Gasteiger partial charge in [-0.05, 0) is 12.8 Å². The third-order valence-electron chi connectivity index (χ3n) is 2.03. The summed E-state index contributed by atoms with van der Waals surface area (Å²) in [5, 5.41) is 9.56. The smallest absolute Gasteiger partial charge is 0.0590 e. The van der Waals surface area contributed by atoms with E-state index < -0.39 is 0 Å². The Kier molecular flexibility index (Phi) is 6.57. The summed E-state index contributed by atoms with van der Waals surface area (Å²) >= 11 is 0. The van der Waals surface area contributed by atoms with Gasteiger partial charge in [0.25, 0.3) is 0 Å². The van der Waals surface area contributed by atoms with E-state index in [0.717, 1.165) is 19.3 Å². The maximum atomic E-state index is 9.56. The van der Waals surface area contributed by atoms with E-state index in [1.165, 1.54) is 0 Å². The lowest BCUT2D eigenvalue weighted by Crippen LogP contribution is -2.23. The topological polar surface area (TPSA) is 29.5 Å². The fourth-order valence-electron chi connectivity index (χ4n) is 1.25. The van der Waals surface area contributed by atoms with Crippen LogP contribution in [0.15, 0.2) is 0 Å². The Hall–Kier alpha value is -0.0800. The molecule has 0 amide bonds. The number of hydrogen-bond donors (Lipinski definition) is 1. The van der Waals surface area contributed by atoms with Gasteiger partial charge in [-0.1, -0.05) is 20.3 Å². The molecule has 0 spiro atoms. The van der Waals surface area contributed by atoms with Crippen LogP contribution in [0.25, 0.3) is 0 Å². The normalized spacial score (nSPS) is 16.4. The first-order valence-electron chi connectivity index (χ1n) is 4.43. The van der Waals surface area contributed by atoms with Crippen molar-refractivity contribution in [2.75, 3.05) is 13.7 Å². The molecular weight excluding hydrogens is 140 g/mol. The minimum atomic E-state index is -0.176. The van der Waals surface area contributed by atoms with Crippen LogP contribution in [-0.2, 0) is 4.74 Å². The molecule has 2 heteroatoms. The number of methoxy groups -OCH3 is 1. The largest absolute Gasteiger partial charge is 0.393 e. The minimum Gasteiger partial charge on any atom is -0.393 e. The summed E-state index contributed by atoms with van der Waals surface area (Å²) in [5.74, 6) is 0.319. The van der Waals surface area contributed by atoms with E-state index in [1.807, 2.05) is 0 Å². The summed E-state index contributed by atoms with van der Waals surface area (Å²) < 4.78 is 5.00. The maximum absolute atomic E-state index is 9.56. The van der Waals surface area contributed by atoms with Crippen molar-refractivity contribution in [3.63, 3.8) is 0 Å². The van der Waals surface area contributed by atoms with Gasteiger partial charge in [-0.15, -0.1) is 0 Å². The highest BCUT2D eigenvalue weighted by Crippen LogP contribution is 2.13. The van der Waals surface area contributed by atoms with Gasteiger partial charge in [-0.3, -0.25) is 0 Å². The summed E-state index contributed by atoms with van der Waals surface area (Å²) in [6, 6.07) is 0. The molecule has 0 bridgehead atoms. The molecule has 2 nitrogen and oxygen atoms in total. The van der Waals surface area contributed by atoms with E-state index in [4.69, 9.17) is 4.74 Å². The Morgan fingerprint density at radius 3 is 2.36 bits per heavy atom. The second-order valence-corrected chi connectivity index (χ2v) is 2.98. The molecule has 1 N–H and O–H groups in total. The molecule has 0 radical (unpaired) electrons. The number of rotatable bonds is 6. The van der Waals surface area contributed by atoms with Gasteiger partial charge >= 0.3 is 0 Å². The molecule has 0 saturated heterocycles. The number of aliphatic hydroxyl groups excluding tert-OH is 1. The zero-order chi connectivity index (χ0) is 8.69. The molecule has 0 aromatic heterocycles. The molecular formula is C9H20O2. The molecule has 0 saturated carbocycles. The van der Waals surface area contributed by atoms with Gasteiger partial charge in [-0.25, -0.2) is 0 Å². The van der Waals surface area contributed by atoms with Gasteiger partial charge in [0.2, 0.25) is 0 Å². The SMILES string of the molecule is CCCC(O)C(CC)COC. The van der Waals surface area contributed by atoms with E-state index >= 15 is 0 Å². The third-order valence-corrected chi connectivity index (χ3v) is 2.03. The predicted molar refractivity (Wildman–Crippen MR) is 46.6 cm³/mol. The number of aliphatic hydroxyl groups is 1. The molecule has 0 aliphatic carbocycles. The third kappa shape index (κ3) is 4.38. The van der Waals surface area contributed by atoms with Crippen molar-refractivity contribution in [1.29, 1.82) is 0 Å². The van der Waals surface area contributed by atoms with E-state index in [2.05, 4.69) is 13.8 Å². The second-order valence-electron chi connectivity index (χ2n) is 2.98. The Balaban J connectivity index is 3.61. The van der Waals surface area contributed by atoms with Crippen LogP contribution in [-0.4, -0.2) is 24.9 Å². The van der Waals surface area contributed by atoms with Crippen molar-refractivity contribution in [3.8, 4) is 0 Å². The first kappa shape index (κ1) is 10.9. The molecule has 2 atom stereocenters. The maximum Gasteiger partial charge on any atom is 0.0590 e. The van der Waals surface area contributed by atoms with Crippen LogP contribution in [0.5, 0.6) is 0 Å². The van der Waals surface area contributed by atoms with Crippen LogP contribution in [0.1, 0.15) is 33.1 Å². The highest BCUT2D eigenvalue weighted by atomic mass is 16.5. The summed E-state index contributed by atoms with van der Waals surface area (Å²) in [6.07, 6.45) is 2.75. The van der Waals surface area contributed by atoms with Crippen molar-refractivity contribution in [3.05, 3.63) is 0 Å². The molecule has 0 aliphatic heterocycles. The Morgan fingerprint density at radius 2 is 2.00 bits per heavy atom. The Bertz CT molecular complexity index is 83.6. The van der Waals surface area contributed by atoms with Crippen molar-refractivity contribution in [1.82, 2.24) is 0 Å². The minimum absolute atomic E-state index is 0.176. The summed E-state index contributed by atoms with van der Waals surface area (Å²) in [7, 11) is 1.68. The fraction of sp³-hybridized carbons (Fsp3) is 1.00. The number of ether oxygens (including phenoxy) is 1. The van der Waals surface area contributed by atoms with Crippen LogP contribution in [0, 0.1) is 5.92 Å². The zero-order valence-corrected chi connectivity index (χ0v) is 7.84. The van der Waals surface area contributed by atoms with Gasteiger partial charge < -0.3 is 9.84 Å². The Labute approximate surface area is 69.6 Å². The van der Waals surface area contributed by atoms with Gasteiger partial charge in [-0.2, -0.15) is 0 Å². The van der Waals surface area contributed by atoms with Crippen LogP contribution >= 0.6 is 0 Å². The summed E-state index contributed by atoms with van der Waals surface area (Å²) in [6.45, 7) is 4.85. The quantitative estimate of drug-likeness (QED) is 0.642. The molecule has 0 aromatic rings. The highest BCUT2D eigenvalue weighted by molar-refractivity contribution is 4.66. The zero-order valence-electron chi connectivity index (χ0n) is 7.84. The molecule has 0 rings (SSSR count). The van der Waals surface area contributed by atoms with Crippen LogP contribution in [0.4, 0.5) is 0 Å². The first-order chi connectivity index (χ1) is 5.26. The van der Waals surface area contributed by atoms with Gasteiger partial charge in [0.1, 0.15) is 0 Å². The number of hydrogen-bond acceptors (Lipinski definition) is 2. The van der Waals surface area contributed by atoms with Gasteiger partial charge in [0, 0.05) is 13.0 Å². The lowest BCUT2D eigenvalue weighted by molar-refractivity contribution is 0.0406. The van der Waals surface area contributed by atoms with E-state index in [1.54, 1.807) is 7.11 Å². The molecule has 0 fully saturated rings. The monoisotopic (exact) mass is 160 g/mol. The molecule has 0 aromatic carbocycles. The second kappa shape index (κ2) is 6.62. The highest BCUT2D eigenvalue weighted by Gasteiger charge is 2.15. The molecule has 2 unspecified atom stereocenters. The predicted octanol–water partition coefficient (Wildman–Crippen LogP) is 1.82. The molecule has 0 aliphatic rings. The van der Waals surface area contributed by atoms with Crippen molar-refractivity contribution < 1.29 is 9.84 Å². The molecule has 11 heavy (non-hydrogen) atoms. The summed E-state index contributed by atoms with van der Waals surface area (Å²) in [4.78, 5) is 0. The van der Waals surface area contributed by atoms with Gasteiger partial charge in [0.15, 0.2) is 0 Å². The Morgan fingerprint density at radius 1 is 1.36 bits per heavy atom. The molecule has 68 valence electrons. The molecule has 0 heterocycles. The van der Waals surface area contributed by atoms with Gasteiger partial charge in [0.05, 0.1) is 12.7 Å². The van der Waals surface area contributed by atoms with Crippen molar-refractivity contribution >= 4 is 0 Å². The standard InChI is InChI=1S/C9H20O2/c1-4-6-9(10)8(5-2)7-11-3/h8-10H,4-7H2,1-3H3. The van der Waals surface area contributed by atoms with Crippen molar-refractivity contribution in [2.24, 2.45) is 5.92 Å².